The Morgan fingerprint density at radius 2 is 2.00 bits per heavy atom. The van der Waals surface area contributed by atoms with Gasteiger partial charge >= 0.3 is 0 Å². The quantitative estimate of drug-likeness (QED) is 0.861. The summed E-state index contributed by atoms with van der Waals surface area (Å²) in [5, 5.41) is 0. The van der Waals surface area contributed by atoms with Crippen molar-refractivity contribution >= 4 is 17.2 Å². The number of pyridine rings is 1. The number of ether oxygens (including phenoxy) is 2. The van der Waals surface area contributed by atoms with Gasteiger partial charge in [-0.05, 0) is 25.5 Å². The van der Waals surface area contributed by atoms with Crippen LogP contribution in [0.5, 0.6) is 11.5 Å². The molecule has 2 N–H and O–H groups in total. The first-order valence-electron chi connectivity index (χ1n) is 6.54. The zero-order chi connectivity index (χ0) is 15.4. The third-order valence-corrected chi connectivity index (χ3v) is 3.30. The molecule has 2 rings (SSSR count). The smallest absolute Gasteiger partial charge is 0.130 e. The number of methoxy groups -OCH3 is 1. The van der Waals surface area contributed by atoms with Crippen LogP contribution in [0.3, 0.4) is 0 Å². The van der Waals surface area contributed by atoms with Crippen LogP contribution >= 0.6 is 12.2 Å². The van der Waals surface area contributed by atoms with Gasteiger partial charge in [0.2, 0.25) is 0 Å². The van der Waals surface area contributed by atoms with Crippen LogP contribution in [0.15, 0.2) is 30.3 Å². The number of nitrogens with two attached hydrogens (primary N) is 1. The summed E-state index contributed by atoms with van der Waals surface area (Å²) in [5.74, 6) is 1.53. The topological polar surface area (TPSA) is 57.4 Å². The van der Waals surface area contributed by atoms with E-state index >= 15 is 0 Å². The molecule has 0 aliphatic carbocycles. The number of aromatic nitrogens is 1. The van der Waals surface area contributed by atoms with Crippen molar-refractivity contribution in [1.29, 1.82) is 0 Å². The van der Waals surface area contributed by atoms with Crippen LogP contribution < -0.4 is 15.2 Å². The van der Waals surface area contributed by atoms with Gasteiger partial charge in [-0.25, -0.2) is 0 Å². The molecule has 1 heterocycles. The molecule has 0 unspecified atom stereocenters. The largest absolute Gasteiger partial charge is 0.497 e. The van der Waals surface area contributed by atoms with E-state index in [0.29, 0.717) is 11.6 Å². The van der Waals surface area contributed by atoms with E-state index in [-0.39, 0.29) is 0 Å². The van der Waals surface area contributed by atoms with E-state index in [1.807, 2.05) is 44.2 Å². The number of rotatable bonds is 5. The normalized spacial score (nSPS) is 10.2. The highest BCUT2D eigenvalue weighted by atomic mass is 32.1. The van der Waals surface area contributed by atoms with Gasteiger partial charge in [-0.2, -0.15) is 0 Å². The van der Waals surface area contributed by atoms with Crippen molar-refractivity contribution in [2.45, 2.75) is 20.5 Å². The third-order valence-electron chi connectivity index (χ3n) is 3.06. The fraction of sp³-hybridized carbons (Fsp3) is 0.250. The van der Waals surface area contributed by atoms with E-state index in [1.54, 1.807) is 7.11 Å². The molecule has 4 nitrogen and oxygen atoms in total. The Morgan fingerprint density at radius 3 is 2.67 bits per heavy atom. The van der Waals surface area contributed by atoms with Crippen molar-refractivity contribution in [2.24, 2.45) is 5.73 Å². The van der Waals surface area contributed by atoms with Crippen molar-refractivity contribution in [3.63, 3.8) is 0 Å². The minimum absolute atomic E-state index is 0.357. The molecular weight excluding hydrogens is 284 g/mol. The van der Waals surface area contributed by atoms with Gasteiger partial charge < -0.3 is 15.2 Å². The highest BCUT2D eigenvalue weighted by molar-refractivity contribution is 7.80. The lowest BCUT2D eigenvalue weighted by Crippen LogP contribution is -2.10. The first-order chi connectivity index (χ1) is 9.99. The highest BCUT2D eigenvalue weighted by Crippen LogP contribution is 2.21. The fourth-order valence-corrected chi connectivity index (χ4v) is 2.08. The van der Waals surface area contributed by atoms with E-state index in [0.717, 1.165) is 34.0 Å². The zero-order valence-electron chi connectivity index (χ0n) is 12.3. The number of thiocarbonyl (C=S) groups is 1. The van der Waals surface area contributed by atoms with E-state index in [2.05, 4.69) is 4.98 Å². The summed E-state index contributed by atoms with van der Waals surface area (Å²) in [6.07, 6.45) is 0. The molecule has 0 bridgehead atoms. The summed E-state index contributed by atoms with van der Waals surface area (Å²) in [4.78, 5) is 4.79. The van der Waals surface area contributed by atoms with Crippen molar-refractivity contribution in [1.82, 2.24) is 4.98 Å². The fourth-order valence-electron chi connectivity index (χ4n) is 1.96. The lowest BCUT2D eigenvalue weighted by molar-refractivity contribution is 0.298. The lowest BCUT2D eigenvalue weighted by atomic mass is 10.1. The SMILES string of the molecule is COc1cc(C)nc(COc2cc(C(N)=S)ccc2C)c1. The van der Waals surface area contributed by atoms with E-state index in [1.165, 1.54) is 0 Å². The molecule has 0 saturated carbocycles. The number of aryl methyl sites for hydroxylation is 2. The first-order valence-corrected chi connectivity index (χ1v) is 6.95. The molecule has 0 aliphatic heterocycles. The van der Waals surface area contributed by atoms with Crippen LogP contribution in [0.4, 0.5) is 0 Å². The summed E-state index contributed by atoms with van der Waals surface area (Å²) in [5.41, 5.74) is 9.16. The predicted octanol–water partition coefficient (Wildman–Crippen LogP) is 2.92. The zero-order valence-corrected chi connectivity index (χ0v) is 13.2. The molecule has 0 amide bonds. The van der Waals surface area contributed by atoms with Crippen molar-refractivity contribution in [2.75, 3.05) is 7.11 Å². The number of hydrogen-bond donors (Lipinski definition) is 1. The van der Waals surface area contributed by atoms with Crippen LogP contribution in [0, 0.1) is 13.8 Å². The Hall–Kier alpha value is -2.14. The molecular formula is C16H18N2O2S. The third kappa shape index (κ3) is 3.92. The van der Waals surface area contributed by atoms with Crippen molar-refractivity contribution < 1.29 is 9.47 Å². The van der Waals surface area contributed by atoms with E-state index < -0.39 is 0 Å². The molecule has 0 spiro atoms. The van der Waals surface area contributed by atoms with Gasteiger partial charge in [0.15, 0.2) is 0 Å². The van der Waals surface area contributed by atoms with Gasteiger partial charge in [0.1, 0.15) is 23.1 Å². The second kappa shape index (κ2) is 6.54. The second-order valence-electron chi connectivity index (χ2n) is 4.77. The maximum atomic E-state index is 5.83. The van der Waals surface area contributed by atoms with Gasteiger partial charge in [0.05, 0.1) is 12.8 Å². The summed E-state index contributed by atoms with van der Waals surface area (Å²) in [7, 11) is 1.63. The Balaban J connectivity index is 2.18. The first kappa shape index (κ1) is 15.3. The maximum absolute atomic E-state index is 5.83. The van der Waals surface area contributed by atoms with Crippen LogP contribution in [0.2, 0.25) is 0 Å². The summed E-state index contributed by atoms with van der Waals surface area (Å²) >= 11 is 4.99. The van der Waals surface area contributed by atoms with Crippen LogP contribution in [-0.4, -0.2) is 17.1 Å². The summed E-state index contributed by atoms with van der Waals surface area (Å²) in [6.45, 7) is 4.26. The van der Waals surface area contributed by atoms with Gasteiger partial charge in [-0.3, -0.25) is 4.98 Å². The van der Waals surface area contributed by atoms with Crippen molar-refractivity contribution in [3.05, 3.63) is 52.8 Å². The Morgan fingerprint density at radius 1 is 1.24 bits per heavy atom. The monoisotopic (exact) mass is 302 g/mol. The molecule has 0 atom stereocenters. The molecule has 110 valence electrons. The summed E-state index contributed by atoms with van der Waals surface area (Å²) < 4.78 is 11.1. The van der Waals surface area contributed by atoms with Crippen LogP contribution in [0.25, 0.3) is 0 Å². The number of benzene rings is 1. The number of nitrogens with zero attached hydrogens (tertiary/aromatic N) is 1. The standard InChI is InChI=1S/C16H18N2O2S/c1-10-4-5-12(16(17)21)7-15(10)20-9-13-8-14(19-3)6-11(2)18-13/h4-8H,9H2,1-3H3,(H2,17,21). The molecule has 0 saturated heterocycles. The predicted molar refractivity (Wildman–Crippen MR) is 86.9 cm³/mol. The molecule has 1 aromatic heterocycles. The second-order valence-corrected chi connectivity index (χ2v) is 5.21. The van der Waals surface area contributed by atoms with Crippen LogP contribution in [-0.2, 0) is 6.61 Å². The Bertz CT molecular complexity index is 671. The Kier molecular flexibility index (Phi) is 4.75. The minimum Gasteiger partial charge on any atom is -0.497 e. The average Bonchev–Trinajstić information content (AvgIpc) is 2.45. The molecule has 5 heteroatoms. The average molecular weight is 302 g/mol. The molecule has 21 heavy (non-hydrogen) atoms. The molecule has 0 aliphatic rings. The lowest BCUT2D eigenvalue weighted by Gasteiger charge is -2.11. The number of hydrogen-bond acceptors (Lipinski definition) is 4. The van der Waals surface area contributed by atoms with E-state index in [4.69, 9.17) is 27.4 Å². The molecule has 1 aromatic carbocycles. The van der Waals surface area contributed by atoms with Gasteiger partial charge in [-0.15, -0.1) is 0 Å². The molecule has 0 radical (unpaired) electrons. The van der Waals surface area contributed by atoms with Gasteiger partial charge in [-0.1, -0.05) is 24.4 Å². The molecule has 0 fully saturated rings. The van der Waals surface area contributed by atoms with Crippen LogP contribution in [0.1, 0.15) is 22.5 Å². The van der Waals surface area contributed by atoms with Gasteiger partial charge in [0.25, 0.3) is 0 Å². The summed E-state index contributed by atoms with van der Waals surface area (Å²) in [6, 6.07) is 9.42. The maximum Gasteiger partial charge on any atom is 0.130 e. The van der Waals surface area contributed by atoms with E-state index in [9.17, 15) is 0 Å². The highest BCUT2D eigenvalue weighted by Gasteiger charge is 2.06. The minimum atomic E-state index is 0.357. The van der Waals surface area contributed by atoms with Crippen molar-refractivity contribution in [3.8, 4) is 11.5 Å². The van der Waals surface area contributed by atoms with Gasteiger partial charge in [0, 0.05) is 23.4 Å². The molecule has 2 aromatic rings. The Labute approximate surface area is 129 Å².